The molecule has 0 N–H and O–H groups in total. The second-order valence-electron chi connectivity index (χ2n) is 0.925. The summed E-state index contributed by atoms with van der Waals surface area (Å²) in [5.74, 6) is -0.211. The average molecular weight is 175 g/mol. The fourth-order valence-electron chi connectivity index (χ4n) is 0.203. The number of carbonyl (C=O) groups is 1. The van der Waals surface area contributed by atoms with Gasteiger partial charge in [-0.25, -0.2) is 0 Å². The fraction of sp³-hybridized carbons (Fsp3) is 0.750. The molecule has 0 heterocycles. The van der Waals surface area contributed by atoms with Crippen molar-refractivity contribution in [2.75, 3.05) is 6.61 Å². The molecule has 0 radical (unpaired) electrons. The molecule has 38 valence electrons. The summed E-state index contributed by atoms with van der Waals surface area (Å²) in [5.41, 5.74) is 0. The molecule has 0 spiro atoms. The van der Waals surface area contributed by atoms with Gasteiger partial charge < -0.3 is 4.74 Å². The van der Waals surface area contributed by atoms with Crippen molar-refractivity contribution in [2.45, 2.75) is 13.8 Å². The molecular formula is C4H9O2Rb. The van der Waals surface area contributed by atoms with Gasteiger partial charge in [0.1, 0.15) is 0 Å². The minimum atomic E-state index is -0.211. The molecule has 0 aliphatic rings. The van der Waals surface area contributed by atoms with Gasteiger partial charge in [0.05, 0.1) is 6.61 Å². The van der Waals surface area contributed by atoms with E-state index in [1.165, 1.54) is 6.92 Å². The third-order valence-electron chi connectivity index (χ3n) is 0.348. The van der Waals surface area contributed by atoms with Crippen molar-refractivity contribution in [2.24, 2.45) is 0 Å². The second kappa shape index (κ2) is 7.28. The number of hydrogen-bond acceptors (Lipinski definition) is 2. The molecular weight excluding hydrogens is 166 g/mol. The number of esters is 1. The third-order valence-corrected chi connectivity index (χ3v) is 0.348. The quantitative estimate of drug-likeness (QED) is 0.520. The first-order valence-corrected chi connectivity index (χ1v) is 1.90. The maximum atomic E-state index is 9.82. The van der Waals surface area contributed by atoms with Gasteiger partial charge in [-0.3, -0.25) is 4.79 Å². The van der Waals surface area contributed by atoms with E-state index in [0.29, 0.717) is 6.61 Å². The molecule has 0 aromatic heterocycles. The molecule has 0 bridgehead atoms. The molecule has 2 nitrogen and oxygen atoms in total. The zero-order chi connectivity index (χ0) is 4.99. The molecule has 0 amide bonds. The van der Waals surface area contributed by atoms with Crippen LogP contribution >= 0.6 is 0 Å². The van der Waals surface area contributed by atoms with Crippen molar-refractivity contribution >= 4 is 64.2 Å². The minimum absolute atomic E-state index is 0. The molecule has 0 aliphatic carbocycles. The third kappa shape index (κ3) is 11.1. The van der Waals surface area contributed by atoms with Gasteiger partial charge in [-0.15, -0.1) is 0 Å². The summed E-state index contributed by atoms with van der Waals surface area (Å²) in [7, 11) is 0. The Morgan fingerprint density at radius 1 is 1.71 bits per heavy atom. The van der Waals surface area contributed by atoms with E-state index in [1.54, 1.807) is 6.92 Å². The summed E-state index contributed by atoms with van der Waals surface area (Å²) < 4.78 is 4.40. The number of carbonyl (C=O) groups excluding carboxylic acids is 1. The van der Waals surface area contributed by atoms with Crippen molar-refractivity contribution in [1.29, 1.82) is 0 Å². The first kappa shape index (κ1) is 11.1. The zero-order valence-corrected chi connectivity index (χ0v) is 4.02. The first-order valence-electron chi connectivity index (χ1n) is 1.90. The Morgan fingerprint density at radius 3 is 2.14 bits per heavy atom. The standard InChI is InChI=1S/C4H8O2.Rb.H/c1-3-6-4(2)5;;/h3H2,1-2H3;;. The number of ether oxygens (including phenoxy) is 1. The van der Waals surface area contributed by atoms with Crippen LogP contribution in [0.15, 0.2) is 0 Å². The Kier molecular flexibility index (Phi) is 11.6. The molecule has 0 saturated heterocycles. The predicted octanol–water partition coefficient (Wildman–Crippen LogP) is -0.0791. The monoisotopic (exact) mass is 174 g/mol. The Balaban J connectivity index is 0. The normalized spacial score (nSPS) is 6.57. The first-order chi connectivity index (χ1) is 2.77. The summed E-state index contributed by atoms with van der Waals surface area (Å²) in [6.07, 6.45) is 0. The van der Waals surface area contributed by atoms with Crippen LogP contribution in [0.4, 0.5) is 0 Å². The van der Waals surface area contributed by atoms with E-state index in [4.69, 9.17) is 0 Å². The van der Waals surface area contributed by atoms with Gasteiger partial charge in [0.15, 0.2) is 0 Å². The molecule has 7 heavy (non-hydrogen) atoms. The molecule has 3 heteroatoms. The van der Waals surface area contributed by atoms with Gasteiger partial charge in [0, 0.05) is 6.92 Å². The fourth-order valence-corrected chi connectivity index (χ4v) is 0.203. The molecule has 0 aromatic rings. The molecule has 0 unspecified atom stereocenters. The molecule has 0 saturated carbocycles. The van der Waals surface area contributed by atoms with E-state index in [2.05, 4.69) is 4.74 Å². The van der Waals surface area contributed by atoms with Gasteiger partial charge in [-0.05, 0) is 6.92 Å². The van der Waals surface area contributed by atoms with Crippen LogP contribution in [0, 0.1) is 0 Å². The van der Waals surface area contributed by atoms with Crippen LogP contribution in [0.3, 0.4) is 0 Å². The molecule has 0 aromatic carbocycles. The van der Waals surface area contributed by atoms with Crippen LogP contribution in [0.2, 0.25) is 0 Å². The SMILES string of the molecule is CCOC(C)=O.[RbH]. The predicted molar refractivity (Wildman–Crippen MR) is 29.5 cm³/mol. The zero-order valence-electron chi connectivity index (χ0n) is 4.02. The van der Waals surface area contributed by atoms with Crippen molar-refractivity contribution in [1.82, 2.24) is 0 Å². The van der Waals surface area contributed by atoms with Gasteiger partial charge in [0.2, 0.25) is 0 Å². The Bertz CT molecular complexity index is 53.7. The second-order valence-corrected chi connectivity index (χ2v) is 0.925. The summed E-state index contributed by atoms with van der Waals surface area (Å²) >= 11 is 0. The van der Waals surface area contributed by atoms with Gasteiger partial charge in [-0.2, -0.15) is 0 Å². The van der Waals surface area contributed by atoms with Crippen molar-refractivity contribution < 1.29 is 9.53 Å². The van der Waals surface area contributed by atoms with Crippen LogP contribution in [0.1, 0.15) is 13.8 Å². The van der Waals surface area contributed by atoms with Gasteiger partial charge in [-0.1, -0.05) is 0 Å². The van der Waals surface area contributed by atoms with E-state index in [0.717, 1.165) is 0 Å². The van der Waals surface area contributed by atoms with Crippen molar-refractivity contribution in [3.63, 3.8) is 0 Å². The summed E-state index contributed by atoms with van der Waals surface area (Å²) in [4.78, 5) is 9.82. The van der Waals surface area contributed by atoms with E-state index in [9.17, 15) is 4.79 Å². The van der Waals surface area contributed by atoms with Crippen LogP contribution < -0.4 is 0 Å². The Hall–Kier alpha value is 1.28. The summed E-state index contributed by atoms with van der Waals surface area (Å²) in [6, 6.07) is 0. The van der Waals surface area contributed by atoms with Crippen LogP contribution in [-0.2, 0) is 9.53 Å². The van der Waals surface area contributed by atoms with Crippen LogP contribution in [0.5, 0.6) is 0 Å². The number of rotatable bonds is 1. The van der Waals surface area contributed by atoms with E-state index in [-0.39, 0.29) is 64.2 Å². The topological polar surface area (TPSA) is 26.3 Å². The van der Waals surface area contributed by atoms with Crippen molar-refractivity contribution in [3.05, 3.63) is 0 Å². The Morgan fingerprint density at radius 2 is 2.14 bits per heavy atom. The van der Waals surface area contributed by atoms with E-state index in [1.807, 2.05) is 0 Å². The van der Waals surface area contributed by atoms with Gasteiger partial charge >= 0.3 is 64.2 Å². The van der Waals surface area contributed by atoms with E-state index < -0.39 is 0 Å². The molecule has 0 rings (SSSR count). The maximum absolute atomic E-state index is 9.82. The van der Waals surface area contributed by atoms with E-state index >= 15 is 0 Å². The number of hydrogen-bond donors (Lipinski definition) is 0. The van der Waals surface area contributed by atoms with Crippen LogP contribution in [-0.4, -0.2) is 70.8 Å². The average Bonchev–Trinajstić information content (AvgIpc) is 1.35. The molecule has 0 atom stereocenters. The van der Waals surface area contributed by atoms with Crippen molar-refractivity contribution in [3.8, 4) is 0 Å². The Labute approximate surface area is 92.4 Å². The summed E-state index contributed by atoms with van der Waals surface area (Å²) in [5, 5.41) is 0. The van der Waals surface area contributed by atoms with Gasteiger partial charge in [0.25, 0.3) is 0 Å². The molecule has 0 fully saturated rings. The summed E-state index contributed by atoms with van der Waals surface area (Å²) in [6.45, 7) is 3.65. The van der Waals surface area contributed by atoms with Crippen LogP contribution in [0.25, 0.3) is 0 Å². The molecule has 0 aliphatic heterocycles.